The molecule has 0 saturated carbocycles. The highest BCUT2D eigenvalue weighted by Crippen LogP contribution is 2.16. The van der Waals surface area contributed by atoms with Crippen LogP contribution in [0.2, 0.25) is 0 Å². The molecule has 0 N–H and O–H groups in total. The monoisotopic (exact) mass is 191 g/mol. The molecule has 1 nitrogen and oxygen atoms in total. The molecule has 1 aliphatic carbocycles. The second-order valence-electron chi connectivity index (χ2n) is 4.63. The van der Waals surface area contributed by atoms with Crippen molar-refractivity contribution in [1.82, 2.24) is 4.90 Å². The van der Waals surface area contributed by atoms with Gasteiger partial charge in [-0.05, 0) is 38.8 Å². The molecule has 14 heavy (non-hydrogen) atoms. The standard InChI is InChI=1S/C13H21N/c1-2-5-9-13(8-4-1)12-14-10-6-3-7-11-14/h13H,1-4,6-8,10-12H2. The van der Waals surface area contributed by atoms with Crippen LogP contribution in [0.25, 0.3) is 0 Å². The molecule has 1 atom stereocenters. The highest BCUT2D eigenvalue weighted by Gasteiger charge is 2.15. The summed E-state index contributed by atoms with van der Waals surface area (Å²) in [7, 11) is 0. The fourth-order valence-corrected chi connectivity index (χ4v) is 2.48. The minimum atomic E-state index is 0.676. The van der Waals surface area contributed by atoms with Gasteiger partial charge in [-0.1, -0.05) is 18.8 Å². The molecular weight excluding hydrogens is 170 g/mol. The lowest BCUT2D eigenvalue weighted by Crippen LogP contribution is -2.33. The van der Waals surface area contributed by atoms with Crippen molar-refractivity contribution in [3.63, 3.8) is 0 Å². The Labute approximate surface area is 87.9 Å². The summed E-state index contributed by atoms with van der Waals surface area (Å²) in [5.74, 6) is 7.42. The smallest absolute Gasteiger partial charge is 0.0330 e. The Balaban J connectivity index is 1.78. The summed E-state index contributed by atoms with van der Waals surface area (Å²) < 4.78 is 0. The zero-order valence-electron chi connectivity index (χ0n) is 9.10. The Morgan fingerprint density at radius 1 is 1.00 bits per heavy atom. The van der Waals surface area contributed by atoms with Crippen LogP contribution in [-0.2, 0) is 0 Å². The van der Waals surface area contributed by atoms with E-state index in [4.69, 9.17) is 0 Å². The van der Waals surface area contributed by atoms with Gasteiger partial charge in [0.15, 0.2) is 0 Å². The van der Waals surface area contributed by atoms with Crippen molar-refractivity contribution in [2.45, 2.75) is 44.9 Å². The maximum Gasteiger partial charge on any atom is 0.0330 e. The molecule has 1 fully saturated rings. The molecule has 1 heterocycles. The molecule has 1 unspecified atom stereocenters. The third-order valence-electron chi connectivity index (χ3n) is 3.34. The van der Waals surface area contributed by atoms with Crippen LogP contribution < -0.4 is 0 Å². The Morgan fingerprint density at radius 2 is 1.86 bits per heavy atom. The average Bonchev–Trinajstić information content (AvgIpc) is 2.48. The van der Waals surface area contributed by atoms with Crippen LogP contribution in [0.3, 0.4) is 0 Å². The number of hydrogen-bond acceptors (Lipinski definition) is 1. The lowest BCUT2D eigenvalue weighted by Gasteiger charge is -2.28. The highest BCUT2D eigenvalue weighted by atomic mass is 15.1. The summed E-state index contributed by atoms with van der Waals surface area (Å²) in [6.45, 7) is 3.88. The van der Waals surface area contributed by atoms with E-state index in [0.29, 0.717) is 5.92 Å². The number of rotatable bonds is 2. The van der Waals surface area contributed by atoms with Crippen LogP contribution in [0.15, 0.2) is 0 Å². The first-order chi connectivity index (χ1) is 6.95. The third-order valence-corrected chi connectivity index (χ3v) is 3.34. The van der Waals surface area contributed by atoms with Crippen LogP contribution in [0, 0.1) is 17.8 Å². The maximum absolute atomic E-state index is 3.44. The summed E-state index contributed by atoms with van der Waals surface area (Å²) in [6, 6.07) is 0. The lowest BCUT2D eigenvalue weighted by molar-refractivity contribution is 0.207. The van der Waals surface area contributed by atoms with Gasteiger partial charge in [-0.2, -0.15) is 0 Å². The Kier molecular flexibility index (Phi) is 3.89. The van der Waals surface area contributed by atoms with Crippen molar-refractivity contribution in [1.29, 1.82) is 0 Å². The predicted octanol–water partition coefficient (Wildman–Crippen LogP) is 2.67. The van der Waals surface area contributed by atoms with E-state index in [1.54, 1.807) is 0 Å². The maximum atomic E-state index is 3.44. The second kappa shape index (κ2) is 5.41. The van der Waals surface area contributed by atoms with Gasteiger partial charge in [0.1, 0.15) is 0 Å². The molecule has 0 aromatic rings. The van der Waals surface area contributed by atoms with E-state index in [9.17, 15) is 0 Å². The van der Waals surface area contributed by atoms with Gasteiger partial charge in [-0.15, -0.1) is 5.92 Å². The van der Waals surface area contributed by atoms with E-state index < -0.39 is 0 Å². The fraction of sp³-hybridized carbons (Fsp3) is 0.846. The topological polar surface area (TPSA) is 3.24 Å². The van der Waals surface area contributed by atoms with E-state index in [1.165, 1.54) is 58.2 Å². The second-order valence-corrected chi connectivity index (χ2v) is 4.63. The largest absolute Gasteiger partial charge is 0.302 e. The van der Waals surface area contributed by atoms with Crippen molar-refractivity contribution in [2.24, 2.45) is 5.92 Å². The Hall–Kier alpha value is -0.480. The third kappa shape index (κ3) is 3.03. The Morgan fingerprint density at radius 3 is 2.71 bits per heavy atom. The number of likely N-dealkylation sites (tertiary alicyclic amines) is 1. The normalized spacial score (nSPS) is 29.0. The van der Waals surface area contributed by atoms with Gasteiger partial charge in [-0.3, -0.25) is 0 Å². The zero-order chi connectivity index (χ0) is 9.64. The molecular formula is C13H21N. The minimum absolute atomic E-state index is 0.676. The summed E-state index contributed by atoms with van der Waals surface area (Å²) >= 11 is 0. The molecule has 0 aromatic heterocycles. The SMILES string of the molecule is C1#CC(CN2CCCCC2)CCCC1. The van der Waals surface area contributed by atoms with E-state index in [-0.39, 0.29) is 0 Å². The molecule has 0 aromatic carbocycles. The first-order valence-electron chi connectivity index (χ1n) is 6.16. The van der Waals surface area contributed by atoms with Crippen LogP contribution in [0.4, 0.5) is 0 Å². The molecule has 1 aliphatic heterocycles. The molecule has 1 saturated heterocycles. The van der Waals surface area contributed by atoms with Crippen molar-refractivity contribution in [2.75, 3.05) is 19.6 Å². The van der Waals surface area contributed by atoms with Crippen molar-refractivity contribution in [3.05, 3.63) is 0 Å². The first kappa shape index (κ1) is 10.1. The number of nitrogens with zero attached hydrogens (tertiary/aromatic N) is 1. The molecule has 0 amide bonds. The van der Waals surface area contributed by atoms with Gasteiger partial charge in [0.25, 0.3) is 0 Å². The summed E-state index contributed by atoms with van der Waals surface area (Å²) in [5.41, 5.74) is 0. The molecule has 78 valence electrons. The van der Waals surface area contributed by atoms with Crippen molar-refractivity contribution >= 4 is 0 Å². The van der Waals surface area contributed by atoms with Crippen LogP contribution in [0.1, 0.15) is 44.9 Å². The van der Waals surface area contributed by atoms with E-state index in [2.05, 4.69) is 16.7 Å². The molecule has 1 heteroatoms. The zero-order valence-corrected chi connectivity index (χ0v) is 9.10. The number of hydrogen-bond donors (Lipinski definition) is 0. The van der Waals surface area contributed by atoms with E-state index in [0.717, 1.165) is 6.42 Å². The van der Waals surface area contributed by atoms with Crippen LogP contribution in [-0.4, -0.2) is 24.5 Å². The molecule has 0 radical (unpaired) electrons. The van der Waals surface area contributed by atoms with Gasteiger partial charge in [0.05, 0.1) is 0 Å². The molecule has 2 rings (SSSR count). The van der Waals surface area contributed by atoms with Gasteiger partial charge in [-0.25, -0.2) is 0 Å². The molecule has 0 spiro atoms. The highest BCUT2D eigenvalue weighted by molar-refractivity contribution is 5.06. The van der Waals surface area contributed by atoms with Gasteiger partial charge in [0.2, 0.25) is 0 Å². The average molecular weight is 191 g/mol. The fourth-order valence-electron chi connectivity index (χ4n) is 2.48. The van der Waals surface area contributed by atoms with Gasteiger partial charge in [0, 0.05) is 18.9 Å². The van der Waals surface area contributed by atoms with Gasteiger partial charge >= 0.3 is 0 Å². The molecule has 2 aliphatic rings. The minimum Gasteiger partial charge on any atom is -0.302 e. The summed E-state index contributed by atoms with van der Waals surface area (Å²) in [5, 5.41) is 0. The quantitative estimate of drug-likeness (QED) is 0.607. The van der Waals surface area contributed by atoms with E-state index in [1.807, 2.05) is 0 Å². The summed E-state index contributed by atoms with van der Waals surface area (Å²) in [6.07, 6.45) is 9.41. The predicted molar refractivity (Wildman–Crippen MR) is 60.0 cm³/mol. The van der Waals surface area contributed by atoms with Crippen molar-refractivity contribution in [3.8, 4) is 11.8 Å². The van der Waals surface area contributed by atoms with Crippen LogP contribution in [0.5, 0.6) is 0 Å². The van der Waals surface area contributed by atoms with Crippen LogP contribution >= 0.6 is 0 Å². The van der Waals surface area contributed by atoms with Gasteiger partial charge < -0.3 is 4.90 Å². The van der Waals surface area contributed by atoms with E-state index >= 15 is 0 Å². The molecule has 0 bridgehead atoms. The first-order valence-corrected chi connectivity index (χ1v) is 6.16. The summed E-state index contributed by atoms with van der Waals surface area (Å²) in [4.78, 5) is 2.62. The Bertz CT molecular complexity index is 217. The van der Waals surface area contributed by atoms with Crippen molar-refractivity contribution < 1.29 is 0 Å². The lowest BCUT2D eigenvalue weighted by atomic mass is 10.0. The number of piperidine rings is 1.